The molecule has 3 aromatic heterocycles. The molecule has 1 aromatic carbocycles. The van der Waals surface area contributed by atoms with Crippen LogP contribution in [0.4, 0.5) is 0 Å². The maximum absolute atomic E-state index is 8.92. The first-order valence-electron chi connectivity index (χ1n) is 12.8. The molecule has 0 radical (unpaired) electrons. The molecule has 8 nitrogen and oxygen atoms in total. The van der Waals surface area contributed by atoms with Crippen LogP contribution in [0.25, 0.3) is 57.5 Å². The SMILES string of the molecule is C1=Cc2nc1cc1ccc(cc3ccc(cc4nc(c2-c2ccccc2)C=C4)[nH]3)[nH]1.OC[C@H]1OC[C@H](O)[C@@H]1O. The van der Waals surface area contributed by atoms with Gasteiger partial charge in [-0.25, -0.2) is 9.97 Å². The van der Waals surface area contributed by atoms with E-state index in [0.717, 1.165) is 56.0 Å². The third kappa shape index (κ3) is 5.45. The number of hydrogen-bond donors (Lipinski definition) is 5. The molecule has 3 atom stereocenters. The van der Waals surface area contributed by atoms with Crippen molar-refractivity contribution >= 4 is 46.4 Å². The van der Waals surface area contributed by atoms with Crippen LogP contribution in [-0.4, -0.2) is 66.8 Å². The molecule has 39 heavy (non-hydrogen) atoms. The van der Waals surface area contributed by atoms with Gasteiger partial charge in [0.25, 0.3) is 0 Å². The van der Waals surface area contributed by atoms with Gasteiger partial charge in [0.05, 0.1) is 36.0 Å². The van der Waals surface area contributed by atoms with Crippen molar-refractivity contribution in [1.29, 1.82) is 0 Å². The summed E-state index contributed by atoms with van der Waals surface area (Å²) in [7, 11) is 0. The lowest BCUT2D eigenvalue weighted by molar-refractivity contribution is -0.00588. The van der Waals surface area contributed by atoms with Crippen molar-refractivity contribution in [2.24, 2.45) is 0 Å². The predicted molar refractivity (Wildman–Crippen MR) is 153 cm³/mol. The minimum absolute atomic E-state index is 0.117. The van der Waals surface area contributed by atoms with E-state index in [1.54, 1.807) is 0 Å². The maximum Gasteiger partial charge on any atom is 0.110 e. The Balaban J connectivity index is 0.000000263. The highest BCUT2D eigenvalue weighted by Gasteiger charge is 2.33. The van der Waals surface area contributed by atoms with Crippen LogP contribution in [0.2, 0.25) is 0 Å². The van der Waals surface area contributed by atoms with E-state index in [1.807, 2.05) is 30.4 Å². The number of rotatable bonds is 2. The molecule has 8 bridgehead atoms. The average Bonchev–Trinajstić information content (AvgIpc) is 3.78. The summed E-state index contributed by atoms with van der Waals surface area (Å²) in [4.78, 5) is 16.7. The van der Waals surface area contributed by atoms with E-state index in [4.69, 9.17) is 30.0 Å². The van der Waals surface area contributed by atoms with Gasteiger partial charge >= 0.3 is 0 Å². The van der Waals surface area contributed by atoms with Gasteiger partial charge in [-0.1, -0.05) is 30.3 Å². The van der Waals surface area contributed by atoms with Crippen LogP contribution in [0.3, 0.4) is 0 Å². The number of aromatic nitrogens is 4. The molecular formula is C31H28N4O4. The average molecular weight is 521 g/mol. The quantitative estimate of drug-likeness (QED) is 0.230. The Morgan fingerprint density at radius 3 is 1.72 bits per heavy atom. The van der Waals surface area contributed by atoms with Crippen molar-refractivity contribution in [3.8, 4) is 11.1 Å². The smallest absolute Gasteiger partial charge is 0.110 e. The molecule has 0 spiro atoms. The molecule has 8 heteroatoms. The zero-order valence-electron chi connectivity index (χ0n) is 21.0. The number of benzene rings is 1. The predicted octanol–water partition coefficient (Wildman–Crippen LogP) is 4.42. The lowest BCUT2D eigenvalue weighted by atomic mass is 10.0. The number of nitrogens with one attached hydrogen (secondary N) is 2. The lowest BCUT2D eigenvalue weighted by Crippen LogP contribution is -2.31. The van der Waals surface area contributed by atoms with Gasteiger partial charge in [-0.15, -0.1) is 0 Å². The van der Waals surface area contributed by atoms with Crippen molar-refractivity contribution in [3.05, 3.63) is 95.6 Å². The molecular weight excluding hydrogens is 492 g/mol. The Labute approximate surface area is 224 Å². The fraction of sp³-hybridized carbons (Fsp3) is 0.161. The number of ether oxygens (including phenoxy) is 1. The van der Waals surface area contributed by atoms with Crippen LogP contribution >= 0.6 is 0 Å². The van der Waals surface area contributed by atoms with E-state index in [2.05, 4.69) is 76.7 Å². The molecule has 196 valence electrons. The normalized spacial score (nSPS) is 19.6. The summed E-state index contributed by atoms with van der Waals surface area (Å²) >= 11 is 0. The van der Waals surface area contributed by atoms with Crippen molar-refractivity contribution in [1.82, 2.24) is 19.9 Å². The van der Waals surface area contributed by atoms with Gasteiger partial charge in [0.2, 0.25) is 0 Å². The molecule has 0 amide bonds. The highest BCUT2D eigenvalue weighted by Crippen LogP contribution is 2.30. The zero-order chi connectivity index (χ0) is 26.8. The summed E-state index contributed by atoms with van der Waals surface area (Å²) in [5.41, 5.74) is 9.94. The molecule has 7 rings (SSSR count). The second-order valence-corrected chi connectivity index (χ2v) is 9.53. The third-order valence-electron chi connectivity index (χ3n) is 6.71. The first kappa shape index (κ1) is 25.0. The van der Waals surface area contributed by atoms with Gasteiger partial charge in [-0.2, -0.15) is 0 Å². The molecule has 6 heterocycles. The van der Waals surface area contributed by atoms with Crippen LogP contribution in [-0.2, 0) is 4.74 Å². The maximum atomic E-state index is 8.92. The minimum atomic E-state index is -0.921. The molecule has 5 N–H and O–H groups in total. The fourth-order valence-electron chi connectivity index (χ4n) is 4.74. The molecule has 3 aliphatic heterocycles. The van der Waals surface area contributed by atoms with Crippen LogP contribution in [0.1, 0.15) is 22.8 Å². The molecule has 1 saturated heterocycles. The van der Waals surface area contributed by atoms with E-state index in [9.17, 15) is 0 Å². The number of aliphatic hydroxyl groups is 3. The number of aromatic amines is 2. The van der Waals surface area contributed by atoms with Crippen LogP contribution in [0.5, 0.6) is 0 Å². The summed E-state index contributed by atoms with van der Waals surface area (Å²) in [5, 5.41) is 26.2. The van der Waals surface area contributed by atoms with Crippen LogP contribution < -0.4 is 0 Å². The summed E-state index contributed by atoms with van der Waals surface area (Å²) < 4.78 is 4.78. The second-order valence-electron chi connectivity index (χ2n) is 9.53. The zero-order valence-corrected chi connectivity index (χ0v) is 21.0. The van der Waals surface area contributed by atoms with Crippen molar-refractivity contribution in [2.75, 3.05) is 13.2 Å². The van der Waals surface area contributed by atoms with Crippen molar-refractivity contribution < 1.29 is 20.1 Å². The van der Waals surface area contributed by atoms with Crippen LogP contribution in [0, 0.1) is 0 Å². The van der Waals surface area contributed by atoms with Gasteiger partial charge in [0.1, 0.15) is 18.3 Å². The van der Waals surface area contributed by atoms with Gasteiger partial charge in [0.15, 0.2) is 0 Å². The summed E-state index contributed by atoms with van der Waals surface area (Å²) in [6, 6.07) is 24.8. The third-order valence-corrected chi connectivity index (χ3v) is 6.71. The molecule has 0 saturated carbocycles. The molecule has 3 aliphatic rings. The Bertz CT molecular complexity index is 1610. The van der Waals surface area contributed by atoms with Crippen molar-refractivity contribution in [3.63, 3.8) is 0 Å². The standard InChI is InChI=1S/C26H18N4.C5H10O4/c1-2-4-17(5-3-1)26-24-12-10-22(29-24)15-20-8-6-18(27-20)14-19-7-9-21(28-19)16-23-11-13-25(26)30-23;6-1-4-5(8)3(7)2-9-4/h1-16,27-28H;3-8H,1-2H2/t;3-,4+,5-/m.0/s1. The number of hydrogen-bond acceptors (Lipinski definition) is 6. The first-order valence-corrected chi connectivity index (χ1v) is 12.8. The molecule has 0 aliphatic carbocycles. The number of aliphatic hydroxyl groups excluding tert-OH is 3. The van der Waals surface area contributed by atoms with E-state index in [0.29, 0.717) is 0 Å². The summed E-state index contributed by atoms with van der Waals surface area (Å²) in [5.74, 6) is 0. The lowest BCUT2D eigenvalue weighted by Gasteiger charge is -2.10. The monoisotopic (exact) mass is 520 g/mol. The molecule has 4 aromatic rings. The Morgan fingerprint density at radius 2 is 1.26 bits per heavy atom. The number of nitrogens with zero attached hydrogens (tertiary/aromatic N) is 2. The Morgan fingerprint density at radius 1 is 0.718 bits per heavy atom. The van der Waals surface area contributed by atoms with Gasteiger partial charge in [-0.3, -0.25) is 0 Å². The van der Waals surface area contributed by atoms with E-state index in [1.165, 1.54) is 0 Å². The van der Waals surface area contributed by atoms with E-state index in [-0.39, 0.29) is 13.2 Å². The van der Waals surface area contributed by atoms with Crippen molar-refractivity contribution in [2.45, 2.75) is 18.3 Å². The topological polar surface area (TPSA) is 127 Å². The highest BCUT2D eigenvalue weighted by molar-refractivity contribution is 5.89. The van der Waals surface area contributed by atoms with Gasteiger partial charge < -0.3 is 30.0 Å². The first-order chi connectivity index (χ1) is 19.1. The number of fused-ring (bicyclic) bond motifs is 8. The van der Waals surface area contributed by atoms with E-state index >= 15 is 0 Å². The summed E-state index contributed by atoms with van der Waals surface area (Å²) in [6.45, 7) is -0.120. The highest BCUT2D eigenvalue weighted by atomic mass is 16.5. The molecule has 1 fully saturated rings. The summed E-state index contributed by atoms with van der Waals surface area (Å²) in [6.07, 6.45) is 5.88. The van der Waals surface area contributed by atoms with Crippen LogP contribution in [0.15, 0.2) is 72.8 Å². The fourth-order valence-corrected chi connectivity index (χ4v) is 4.74. The van der Waals surface area contributed by atoms with Gasteiger partial charge in [-0.05, 0) is 72.3 Å². The van der Waals surface area contributed by atoms with E-state index < -0.39 is 18.3 Å². The largest absolute Gasteiger partial charge is 0.394 e. The Hall–Kier alpha value is -4.34. The number of H-pyrrole nitrogens is 2. The minimum Gasteiger partial charge on any atom is -0.394 e. The van der Waals surface area contributed by atoms with Gasteiger partial charge in [0, 0.05) is 27.6 Å². The Kier molecular flexibility index (Phi) is 6.91. The molecule has 0 unspecified atom stereocenters. The second kappa shape index (κ2) is 10.8.